The number of rotatable bonds is 3. The van der Waals surface area contributed by atoms with E-state index in [2.05, 4.69) is 20.7 Å². The van der Waals surface area contributed by atoms with Crippen LogP contribution in [0.3, 0.4) is 0 Å². The Balaban J connectivity index is 3.03. The zero-order chi connectivity index (χ0) is 11.5. The van der Waals surface area contributed by atoms with Gasteiger partial charge in [-0.25, -0.2) is 8.42 Å². The predicted octanol–water partition coefficient (Wildman–Crippen LogP) is 1.64. The summed E-state index contributed by atoms with van der Waals surface area (Å²) in [5.41, 5.74) is 0. The first-order valence-electron chi connectivity index (χ1n) is 4.13. The topological polar surface area (TPSA) is 70.0 Å². The van der Waals surface area contributed by atoms with Crippen LogP contribution in [0.4, 0.5) is 0 Å². The van der Waals surface area contributed by atoms with E-state index in [9.17, 15) is 8.42 Å². The van der Waals surface area contributed by atoms with Crippen molar-refractivity contribution in [2.75, 3.05) is 0 Å². The van der Waals surface area contributed by atoms with Crippen LogP contribution >= 0.6 is 15.9 Å². The molecule has 0 aliphatic carbocycles. The van der Waals surface area contributed by atoms with E-state index in [1.165, 1.54) is 19.1 Å². The van der Waals surface area contributed by atoms with Gasteiger partial charge in [0.15, 0.2) is 0 Å². The molecule has 0 aromatic heterocycles. The first-order valence-corrected chi connectivity index (χ1v) is 6.41. The summed E-state index contributed by atoms with van der Waals surface area (Å²) in [6, 6.07) is 7.36. The van der Waals surface area contributed by atoms with E-state index in [1.807, 2.05) is 0 Å². The highest BCUT2D eigenvalue weighted by atomic mass is 79.9. The molecule has 0 radical (unpaired) electrons. The van der Waals surface area contributed by atoms with Crippen molar-refractivity contribution in [1.82, 2.24) is 4.72 Å². The second kappa shape index (κ2) is 4.75. The molecule has 1 aromatic carbocycles. The standard InChI is InChI=1S/C9H9BrN2O2S/c1-7(6-11)12-15(13,14)9-4-2-3-8(10)5-9/h2-5,7,12H,1H3. The van der Waals surface area contributed by atoms with Gasteiger partial charge in [-0.3, -0.25) is 0 Å². The Morgan fingerprint density at radius 2 is 2.20 bits per heavy atom. The second-order valence-corrected chi connectivity index (χ2v) is 5.56. The number of hydrogen-bond donors (Lipinski definition) is 1. The molecule has 0 heterocycles. The van der Waals surface area contributed by atoms with Crippen molar-refractivity contribution < 1.29 is 8.42 Å². The van der Waals surface area contributed by atoms with Gasteiger partial charge >= 0.3 is 0 Å². The van der Waals surface area contributed by atoms with Crippen molar-refractivity contribution in [3.8, 4) is 6.07 Å². The minimum Gasteiger partial charge on any atom is -0.207 e. The maximum Gasteiger partial charge on any atom is 0.241 e. The van der Waals surface area contributed by atoms with Gasteiger partial charge in [0.1, 0.15) is 6.04 Å². The first kappa shape index (κ1) is 12.2. The molecule has 1 rings (SSSR count). The smallest absolute Gasteiger partial charge is 0.207 e. The third-order valence-electron chi connectivity index (χ3n) is 1.63. The fourth-order valence-corrected chi connectivity index (χ4v) is 2.71. The number of halogens is 1. The van der Waals surface area contributed by atoms with E-state index >= 15 is 0 Å². The normalized spacial score (nSPS) is 13.1. The number of nitriles is 1. The van der Waals surface area contributed by atoms with E-state index in [1.54, 1.807) is 18.2 Å². The molecule has 6 heteroatoms. The lowest BCUT2D eigenvalue weighted by Gasteiger charge is -2.07. The lowest BCUT2D eigenvalue weighted by atomic mass is 10.4. The molecule has 1 aromatic rings. The predicted molar refractivity (Wildman–Crippen MR) is 59.5 cm³/mol. The van der Waals surface area contributed by atoms with E-state index in [0.29, 0.717) is 4.47 Å². The number of nitrogens with one attached hydrogen (secondary N) is 1. The zero-order valence-corrected chi connectivity index (χ0v) is 10.3. The zero-order valence-electron chi connectivity index (χ0n) is 7.94. The highest BCUT2D eigenvalue weighted by Crippen LogP contribution is 2.15. The molecule has 0 aliphatic heterocycles. The molecule has 0 amide bonds. The molecule has 0 bridgehead atoms. The van der Waals surface area contributed by atoms with Crippen LogP contribution in [0.15, 0.2) is 33.6 Å². The molecule has 0 saturated carbocycles. The van der Waals surface area contributed by atoms with Gasteiger partial charge in [-0.15, -0.1) is 0 Å². The fourth-order valence-electron chi connectivity index (χ4n) is 0.961. The van der Waals surface area contributed by atoms with Crippen molar-refractivity contribution in [3.63, 3.8) is 0 Å². The van der Waals surface area contributed by atoms with Crippen LogP contribution in [0.5, 0.6) is 0 Å². The summed E-state index contributed by atoms with van der Waals surface area (Å²) in [7, 11) is -3.60. The second-order valence-electron chi connectivity index (χ2n) is 2.93. The number of benzene rings is 1. The molecular formula is C9H9BrN2O2S. The van der Waals surface area contributed by atoms with Crippen LogP contribution in [-0.4, -0.2) is 14.5 Å². The molecule has 15 heavy (non-hydrogen) atoms. The lowest BCUT2D eigenvalue weighted by Crippen LogP contribution is -2.31. The van der Waals surface area contributed by atoms with Crippen LogP contribution in [0.2, 0.25) is 0 Å². The maximum atomic E-state index is 11.7. The van der Waals surface area contributed by atoms with Gasteiger partial charge in [0.2, 0.25) is 10.0 Å². The van der Waals surface area contributed by atoms with Gasteiger partial charge in [0, 0.05) is 4.47 Å². The van der Waals surface area contributed by atoms with Gasteiger partial charge in [0.25, 0.3) is 0 Å². The molecule has 0 fully saturated rings. The van der Waals surface area contributed by atoms with Crippen molar-refractivity contribution in [1.29, 1.82) is 5.26 Å². The Morgan fingerprint density at radius 3 is 2.73 bits per heavy atom. The van der Waals surface area contributed by atoms with Gasteiger partial charge in [-0.2, -0.15) is 9.98 Å². The quantitative estimate of drug-likeness (QED) is 0.919. The molecular weight excluding hydrogens is 280 g/mol. The van der Waals surface area contributed by atoms with Crippen LogP contribution in [0, 0.1) is 11.3 Å². The Bertz CT molecular complexity index is 493. The molecule has 4 nitrogen and oxygen atoms in total. The molecule has 1 N–H and O–H groups in total. The summed E-state index contributed by atoms with van der Waals surface area (Å²) in [4.78, 5) is 0.138. The fraction of sp³-hybridized carbons (Fsp3) is 0.222. The molecule has 1 atom stereocenters. The van der Waals surface area contributed by atoms with Crippen molar-refractivity contribution in [3.05, 3.63) is 28.7 Å². The number of sulfonamides is 1. The Morgan fingerprint density at radius 1 is 1.53 bits per heavy atom. The summed E-state index contributed by atoms with van der Waals surface area (Å²) in [5.74, 6) is 0. The average Bonchev–Trinajstić information content (AvgIpc) is 2.17. The number of hydrogen-bond acceptors (Lipinski definition) is 3. The minimum absolute atomic E-state index is 0.138. The van der Waals surface area contributed by atoms with Gasteiger partial charge in [-0.05, 0) is 25.1 Å². The van der Waals surface area contributed by atoms with Crippen LogP contribution in [0.25, 0.3) is 0 Å². The molecule has 0 aliphatic rings. The van der Waals surface area contributed by atoms with Crippen LogP contribution in [0.1, 0.15) is 6.92 Å². The molecule has 1 unspecified atom stereocenters. The summed E-state index contributed by atoms with van der Waals surface area (Å²) in [5, 5.41) is 8.51. The molecule has 80 valence electrons. The highest BCUT2D eigenvalue weighted by molar-refractivity contribution is 9.10. The molecule has 0 spiro atoms. The monoisotopic (exact) mass is 288 g/mol. The third kappa shape index (κ3) is 3.30. The van der Waals surface area contributed by atoms with Crippen LogP contribution in [-0.2, 0) is 10.0 Å². The van der Waals surface area contributed by atoms with E-state index in [0.717, 1.165) is 0 Å². The Hall–Kier alpha value is -0.900. The summed E-state index contributed by atoms with van der Waals surface area (Å²) >= 11 is 3.18. The van der Waals surface area contributed by atoms with E-state index in [4.69, 9.17) is 5.26 Å². The Labute approximate surface area is 97.1 Å². The van der Waals surface area contributed by atoms with Crippen molar-refractivity contribution >= 4 is 26.0 Å². The van der Waals surface area contributed by atoms with Gasteiger partial charge < -0.3 is 0 Å². The van der Waals surface area contributed by atoms with Gasteiger partial charge in [-0.1, -0.05) is 22.0 Å². The largest absolute Gasteiger partial charge is 0.241 e. The minimum atomic E-state index is -3.60. The SMILES string of the molecule is CC(C#N)NS(=O)(=O)c1cccc(Br)c1. The maximum absolute atomic E-state index is 11.7. The summed E-state index contributed by atoms with van der Waals surface area (Å²) in [6.45, 7) is 1.48. The summed E-state index contributed by atoms with van der Waals surface area (Å²) in [6.07, 6.45) is 0. The molecule has 0 saturated heterocycles. The average molecular weight is 289 g/mol. The lowest BCUT2D eigenvalue weighted by molar-refractivity contribution is 0.577. The third-order valence-corrected chi connectivity index (χ3v) is 3.66. The van der Waals surface area contributed by atoms with E-state index in [-0.39, 0.29) is 4.90 Å². The Kier molecular flexibility index (Phi) is 3.85. The van der Waals surface area contributed by atoms with Crippen molar-refractivity contribution in [2.24, 2.45) is 0 Å². The number of nitrogens with zero attached hydrogens (tertiary/aromatic N) is 1. The summed E-state index contributed by atoms with van der Waals surface area (Å²) < 4.78 is 26.3. The van der Waals surface area contributed by atoms with Gasteiger partial charge in [0.05, 0.1) is 11.0 Å². The van der Waals surface area contributed by atoms with Crippen molar-refractivity contribution in [2.45, 2.75) is 17.9 Å². The highest BCUT2D eigenvalue weighted by Gasteiger charge is 2.16. The first-order chi connectivity index (χ1) is 6.95. The van der Waals surface area contributed by atoms with E-state index < -0.39 is 16.1 Å². The van der Waals surface area contributed by atoms with Crippen LogP contribution < -0.4 is 4.72 Å².